The van der Waals surface area contributed by atoms with Crippen LogP contribution < -0.4 is 0 Å². The lowest BCUT2D eigenvalue weighted by Crippen LogP contribution is -1.88. The van der Waals surface area contributed by atoms with E-state index in [2.05, 4.69) is 10.0 Å². The molecule has 0 atom stereocenters. The monoisotopic (exact) mass is 252 g/mol. The summed E-state index contributed by atoms with van der Waals surface area (Å²) in [6.07, 6.45) is 0.828. The van der Waals surface area contributed by atoms with Crippen LogP contribution >= 0.6 is 21.6 Å². The van der Waals surface area contributed by atoms with Crippen LogP contribution in [0.2, 0.25) is 0 Å². The normalized spacial score (nSPS) is 9.56. The Morgan fingerprint density at radius 1 is 1.44 bits per heavy atom. The molecule has 1 aromatic carbocycles. The summed E-state index contributed by atoms with van der Waals surface area (Å²) in [4.78, 5) is 3.85. The lowest BCUT2D eigenvalue weighted by molar-refractivity contribution is 1.25. The Morgan fingerprint density at radius 3 is 2.69 bits per heavy atom. The fourth-order valence-electron chi connectivity index (χ4n) is 0.924. The van der Waals surface area contributed by atoms with Gasteiger partial charge in [-0.25, -0.2) is 0 Å². The molecule has 0 spiro atoms. The highest BCUT2D eigenvalue weighted by Crippen LogP contribution is 2.32. The maximum absolute atomic E-state index is 8.24. The maximum Gasteiger partial charge on any atom is 0.0376 e. The Kier molecular flexibility index (Phi) is 5.85. The molecule has 0 fully saturated rings. The minimum Gasteiger partial charge on any atom is -0.310 e. The molecule has 0 saturated carbocycles. The Bertz CT molecular complexity index is 396. The second-order valence-corrected chi connectivity index (χ2v) is 5.61. The van der Waals surface area contributed by atoms with Crippen LogP contribution in [0.25, 0.3) is 10.4 Å². The van der Waals surface area contributed by atoms with E-state index < -0.39 is 0 Å². The molecular formula is C10H12N4S2. The molecule has 1 N–H and O–H groups in total. The van der Waals surface area contributed by atoms with Crippen molar-refractivity contribution in [3.63, 3.8) is 0 Å². The molecular weight excluding hydrogens is 240 g/mol. The van der Waals surface area contributed by atoms with Gasteiger partial charge in [0.25, 0.3) is 0 Å². The lowest BCUT2D eigenvalue weighted by atomic mass is 10.3. The highest BCUT2D eigenvalue weighted by atomic mass is 33.1. The smallest absolute Gasteiger partial charge is 0.0376 e. The van der Waals surface area contributed by atoms with Crippen molar-refractivity contribution in [3.8, 4) is 0 Å². The third-order valence-corrected chi connectivity index (χ3v) is 4.10. The maximum atomic E-state index is 8.24. The number of hydrogen-bond acceptors (Lipinski definition) is 4. The van der Waals surface area contributed by atoms with E-state index in [1.165, 1.54) is 0 Å². The number of azide groups is 1. The Balaban J connectivity index is 2.37. The van der Waals surface area contributed by atoms with Gasteiger partial charge in [-0.1, -0.05) is 38.8 Å². The summed E-state index contributed by atoms with van der Waals surface area (Å²) in [5.41, 5.74) is 9.59. The van der Waals surface area contributed by atoms with Crippen molar-refractivity contribution in [2.45, 2.75) is 18.2 Å². The SMILES string of the molecule is CC(=N)CCSSc1ccc(N=[N+]=[N-])cc1. The van der Waals surface area contributed by atoms with E-state index in [0.717, 1.165) is 17.1 Å². The van der Waals surface area contributed by atoms with Gasteiger partial charge < -0.3 is 5.41 Å². The molecule has 0 aliphatic heterocycles. The van der Waals surface area contributed by atoms with E-state index in [4.69, 9.17) is 10.9 Å². The average Bonchev–Trinajstić information content (AvgIpc) is 2.27. The first-order chi connectivity index (χ1) is 7.72. The van der Waals surface area contributed by atoms with Crippen molar-refractivity contribution < 1.29 is 0 Å². The number of hydrogen-bond donors (Lipinski definition) is 1. The average molecular weight is 252 g/mol. The molecule has 0 unspecified atom stereocenters. The lowest BCUT2D eigenvalue weighted by Gasteiger charge is -2.00. The molecule has 6 heteroatoms. The molecule has 4 nitrogen and oxygen atoms in total. The van der Waals surface area contributed by atoms with Crippen molar-refractivity contribution >= 4 is 33.0 Å². The van der Waals surface area contributed by atoms with Gasteiger partial charge in [-0.3, -0.25) is 0 Å². The van der Waals surface area contributed by atoms with E-state index in [1.54, 1.807) is 33.7 Å². The summed E-state index contributed by atoms with van der Waals surface area (Å²) in [6.45, 7) is 1.82. The van der Waals surface area contributed by atoms with Crippen LogP contribution in [-0.2, 0) is 0 Å². The first-order valence-corrected chi connectivity index (χ1v) is 7.03. The van der Waals surface area contributed by atoms with E-state index in [-0.39, 0.29) is 0 Å². The Morgan fingerprint density at radius 2 is 2.12 bits per heavy atom. The van der Waals surface area contributed by atoms with E-state index in [0.29, 0.717) is 11.4 Å². The Labute approximate surface area is 102 Å². The summed E-state index contributed by atoms with van der Waals surface area (Å²) in [6, 6.07) is 7.45. The van der Waals surface area contributed by atoms with Crippen molar-refractivity contribution in [3.05, 3.63) is 34.7 Å². The zero-order valence-corrected chi connectivity index (χ0v) is 10.5. The largest absolute Gasteiger partial charge is 0.310 e. The second-order valence-electron chi connectivity index (χ2n) is 3.12. The second kappa shape index (κ2) is 7.22. The van der Waals surface area contributed by atoms with Gasteiger partial charge >= 0.3 is 0 Å². The number of nitrogens with one attached hydrogen (secondary N) is 1. The fraction of sp³-hybridized carbons (Fsp3) is 0.300. The van der Waals surface area contributed by atoms with Crippen LogP contribution in [0, 0.1) is 5.41 Å². The van der Waals surface area contributed by atoms with Crippen LogP contribution in [0.1, 0.15) is 13.3 Å². The van der Waals surface area contributed by atoms with Crippen LogP contribution in [0.3, 0.4) is 0 Å². The van der Waals surface area contributed by atoms with Gasteiger partial charge in [0.2, 0.25) is 0 Å². The molecule has 16 heavy (non-hydrogen) atoms. The van der Waals surface area contributed by atoms with Gasteiger partial charge in [-0.15, -0.1) is 0 Å². The van der Waals surface area contributed by atoms with Gasteiger partial charge in [0.05, 0.1) is 0 Å². The molecule has 84 valence electrons. The summed E-state index contributed by atoms with van der Waals surface area (Å²) in [7, 11) is 3.40. The molecule has 0 amide bonds. The first kappa shape index (κ1) is 13.0. The van der Waals surface area contributed by atoms with Crippen molar-refractivity contribution in [1.29, 1.82) is 5.41 Å². The summed E-state index contributed by atoms with van der Waals surface area (Å²) >= 11 is 0. The predicted octanol–water partition coefficient (Wildman–Crippen LogP) is 4.80. The van der Waals surface area contributed by atoms with Gasteiger partial charge in [0, 0.05) is 27.0 Å². The minimum absolute atomic E-state index is 0.632. The number of benzene rings is 1. The van der Waals surface area contributed by atoms with Crippen LogP contribution in [-0.4, -0.2) is 11.5 Å². The standard InChI is InChI=1S/C10H12N4S2/c1-8(11)6-7-15-16-10-4-2-9(3-5-10)13-14-12/h2-5,11H,6-7H2,1H3. The van der Waals surface area contributed by atoms with Crippen molar-refractivity contribution in [2.75, 3.05) is 5.75 Å². The Hall–Kier alpha value is -1.10. The number of rotatable bonds is 6. The summed E-state index contributed by atoms with van der Waals surface area (Å²) in [5, 5.41) is 10.8. The summed E-state index contributed by atoms with van der Waals surface area (Å²) in [5.74, 6) is 0.943. The molecule has 0 aliphatic carbocycles. The van der Waals surface area contributed by atoms with E-state index >= 15 is 0 Å². The van der Waals surface area contributed by atoms with Gasteiger partial charge in [0.15, 0.2) is 0 Å². The predicted molar refractivity (Wildman–Crippen MR) is 71.6 cm³/mol. The summed E-state index contributed by atoms with van der Waals surface area (Å²) < 4.78 is 0. The first-order valence-electron chi connectivity index (χ1n) is 4.71. The van der Waals surface area contributed by atoms with Gasteiger partial charge in [-0.05, 0) is 31.0 Å². The fourth-order valence-corrected chi connectivity index (χ4v) is 3.02. The van der Waals surface area contributed by atoms with Crippen LogP contribution in [0.15, 0.2) is 34.3 Å². The van der Waals surface area contributed by atoms with E-state index in [1.807, 2.05) is 19.1 Å². The zero-order valence-electron chi connectivity index (χ0n) is 8.88. The molecule has 1 rings (SSSR count). The topological polar surface area (TPSA) is 72.6 Å². The van der Waals surface area contributed by atoms with Gasteiger partial charge in [0.1, 0.15) is 0 Å². The molecule has 0 aliphatic rings. The quantitative estimate of drug-likeness (QED) is 0.197. The van der Waals surface area contributed by atoms with Gasteiger partial charge in [-0.2, -0.15) is 0 Å². The third-order valence-electron chi connectivity index (χ3n) is 1.71. The molecule has 0 radical (unpaired) electrons. The molecule has 0 saturated heterocycles. The molecule has 0 aromatic heterocycles. The minimum atomic E-state index is 0.632. The highest BCUT2D eigenvalue weighted by molar-refractivity contribution is 8.76. The number of nitrogens with zero attached hydrogens (tertiary/aromatic N) is 3. The molecule has 0 heterocycles. The third kappa shape index (κ3) is 5.11. The molecule has 0 bridgehead atoms. The zero-order chi connectivity index (χ0) is 11.8. The molecule has 1 aromatic rings. The van der Waals surface area contributed by atoms with E-state index in [9.17, 15) is 0 Å². The highest BCUT2D eigenvalue weighted by Gasteiger charge is 1.96. The van der Waals surface area contributed by atoms with Crippen molar-refractivity contribution in [1.82, 2.24) is 0 Å². The van der Waals surface area contributed by atoms with Crippen LogP contribution in [0.5, 0.6) is 0 Å². The van der Waals surface area contributed by atoms with Crippen molar-refractivity contribution in [2.24, 2.45) is 5.11 Å². The van der Waals surface area contributed by atoms with Crippen LogP contribution in [0.4, 0.5) is 5.69 Å².